The highest BCUT2D eigenvalue weighted by atomic mass is 16.5. The van der Waals surface area contributed by atoms with Gasteiger partial charge in [0, 0.05) is 30.6 Å². The van der Waals surface area contributed by atoms with E-state index in [4.69, 9.17) is 4.52 Å². The first kappa shape index (κ1) is 15.0. The standard InChI is InChI=1S/C14H24N4O2/c1-14(2,3)11-7-13(20-17-11)16-12(19)9-18-6-5-10(8-18)15-4/h7,10,15H,5-6,8-9H2,1-4H3,(H,16,19). The maximum Gasteiger partial charge on any atom is 0.240 e. The summed E-state index contributed by atoms with van der Waals surface area (Å²) in [6, 6.07) is 2.28. The Bertz CT molecular complexity index is 464. The third-order valence-electron chi connectivity index (χ3n) is 3.59. The summed E-state index contributed by atoms with van der Waals surface area (Å²) in [7, 11) is 1.96. The second kappa shape index (κ2) is 5.93. The van der Waals surface area contributed by atoms with E-state index < -0.39 is 0 Å². The molecule has 2 rings (SSSR count). The molecule has 1 fully saturated rings. The molecule has 0 radical (unpaired) electrons. The first-order valence-corrected chi connectivity index (χ1v) is 7.05. The molecule has 1 unspecified atom stereocenters. The molecule has 0 spiro atoms. The second-order valence-electron chi connectivity index (χ2n) is 6.38. The van der Waals surface area contributed by atoms with Crippen LogP contribution in [0.4, 0.5) is 5.88 Å². The van der Waals surface area contributed by atoms with Crippen LogP contribution in [-0.2, 0) is 10.2 Å². The molecule has 1 aliphatic heterocycles. The number of carbonyl (C=O) groups excluding carboxylic acids is 1. The number of likely N-dealkylation sites (tertiary alicyclic amines) is 1. The first-order valence-electron chi connectivity index (χ1n) is 7.05. The van der Waals surface area contributed by atoms with Crippen LogP contribution in [0.25, 0.3) is 0 Å². The van der Waals surface area contributed by atoms with Crippen molar-refractivity contribution in [2.24, 2.45) is 0 Å². The van der Waals surface area contributed by atoms with Crippen LogP contribution in [0.3, 0.4) is 0 Å². The number of likely N-dealkylation sites (N-methyl/N-ethyl adjacent to an activating group) is 1. The number of hydrogen-bond acceptors (Lipinski definition) is 5. The number of rotatable bonds is 4. The van der Waals surface area contributed by atoms with Crippen molar-refractivity contribution in [3.8, 4) is 0 Å². The summed E-state index contributed by atoms with van der Waals surface area (Å²) >= 11 is 0. The normalized spacial score (nSPS) is 20.3. The van der Waals surface area contributed by atoms with Gasteiger partial charge in [-0.15, -0.1) is 0 Å². The minimum Gasteiger partial charge on any atom is -0.338 e. The summed E-state index contributed by atoms with van der Waals surface area (Å²) in [6.07, 6.45) is 1.08. The fourth-order valence-corrected chi connectivity index (χ4v) is 2.28. The van der Waals surface area contributed by atoms with Gasteiger partial charge in [-0.1, -0.05) is 25.9 Å². The van der Waals surface area contributed by atoms with Gasteiger partial charge in [0.25, 0.3) is 0 Å². The van der Waals surface area contributed by atoms with Gasteiger partial charge in [0.15, 0.2) is 0 Å². The highest BCUT2D eigenvalue weighted by Crippen LogP contribution is 2.23. The quantitative estimate of drug-likeness (QED) is 0.867. The third kappa shape index (κ3) is 3.80. The molecule has 1 aromatic heterocycles. The third-order valence-corrected chi connectivity index (χ3v) is 3.59. The Balaban J connectivity index is 1.84. The number of nitrogens with zero attached hydrogens (tertiary/aromatic N) is 2. The number of anilines is 1. The van der Waals surface area contributed by atoms with Gasteiger partial charge in [-0.2, -0.15) is 0 Å². The smallest absolute Gasteiger partial charge is 0.240 e. The molecule has 20 heavy (non-hydrogen) atoms. The van der Waals surface area contributed by atoms with E-state index in [1.54, 1.807) is 6.07 Å². The van der Waals surface area contributed by atoms with Gasteiger partial charge < -0.3 is 9.84 Å². The van der Waals surface area contributed by atoms with Crippen LogP contribution in [0.15, 0.2) is 10.6 Å². The van der Waals surface area contributed by atoms with Gasteiger partial charge in [0.1, 0.15) is 0 Å². The number of aromatic nitrogens is 1. The summed E-state index contributed by atoms with van der Waals surface area (Å²) in [5, 5.41) is 9.98. The molecule has 2 N–H and O–H groups in total. The zero-order chi connectivity index (χ0) is 14.8. The van der Waals surface area contributed by atoms with Gasteiger partial charge >= 0.3 is 0 Å². The largest absolute Gasteiger partial charge is 0.338 e. The van der Waals surface area contributed by atoms with Crippen LogP contribution in [0.1, 0.15) is 32.9 Å². The van der Waals surface area contributed by atoms with Crippen molar-refractivity contribution in [2.45, 2.75) is 38.6 Å². The minimum atomic E-state index is -0.0819. The van der Waals surface area contributed by atoms with Gasteiger partial charge in [-0.3, -0.25) is 15.0 Å². The van der Waals surface area contributed by atoms with Crippen molar-refractivity contribution < 1.29 is 9.32 Å². The molecule has 0 aromatic carbocycles. The van der Waals surface area contributed by atoms with Crippen LogP contribution in [-0.4, -0.2) is 48.7 Å². The minimum absolute atomic E-state index is 0.0571. The van der Waals surface area contributed by atoms with Crippen molar-refractivity contribution in [1.82, 2.24) is 15.4 Å². The summed E-state index contributed by atoms with van der Waals surface area (Å²) < 4.78 is 5.16. The SMILES string of the molecule is CNC1CCN(CC(=O)Nc2cc(C(C)(C)C)no2)C1. The van der Waals surface area contributed by atoms with Crippen LogP contribution >= 0.6 is 0 Å². The molecular formula is C14H24N4O2. The molecular weight excluding hydrogens is 256 g/mol. The molecule has 6 heteroatoms. The predicted molar refractivity (Wildman–Crippen MR) is 77.7 cm³/mol. The Morgan fingerprint density at radius 2 is 2.30 bits per heavy atom. The van der Waals surface area contributed by atoms with E-state index in [2.05, 4.69) is 41.5 Å². The van der Waals surface area contributed by atoms with Crippen molar-refractivity contribution in [3.63, 3.8) is 0 Å². The molecule has 6 nitrogen and oxygen atoms in total. The fraction of sp³-hybridized carbons (Fsp3) is 0.714. The summed E-state index contributed by atoms with van der Waals surface area (Å²) in [6.45, 7) is 8.41. The highest BCUT2D eigenvalue weighted by molar-refractivity contribution is 5.91. The molecule has 1 atom stereocenters. The molecule has 0 saturated carbocycles. The molecule has 1 aromatic rings. The van der Waals surface area contributed by atoms with E-state index >= 15 is 0 Å². The predicted octanol–water partition coefficient (Wildman–Crippen LogP) is 1.20. The van der Waals surface area contributed by atoms with Crippen molar-refractivity contribution >= 4 is 11.8 Å². The molecule has 1 aliphatic rings. The van der Waals surface area contributed by atoms with E-state index in [-0.39, 0.29) is 11.3 Å². The maximum absolute atomic E-state index is 12.0. The number of nitrogens with one attached hydrogen (secondary N) is 2. The van der Waals surface area contributed by atoms with E-state index in [9.17, 15) is 4.79 Å². The zero-order valence-corrected chi connectivity index (χ0v) is 12.7. The Morgan fingerprint density at radius 1 is 1.55 bits per heavy atom. The fourth-order valence-electron chi connectivity index (χ4n) is 2.28. The average Bonchev–Trinajstić information content (AvgIpc) is 2.97. The topological polar surface area (TPSA) is 70.4 Å². The molecule has 1 saturated heterocycles. The Kier molecular flexibility index (Phi) is 4.45. The van der Waals surface area contributed by atoms with E-state index in [0.29, 0.717) is 18.5 Å². The van der Waals surface area contributed by atoms with E-state index in [1.165, 1.54) is 0 Å². The summed E-state index contributed by atoms with van der Waals surface area (Å²) in [5.41, 5.74) is 0.755. The second-order valence-corrected chi connectivity index (χ2v) is 6.38. The number of amides is 1. The number of carbonyl (C=O) groups is 1. The van der Waals surface area contributed by atoms with Crippen LogP contribution in [0, 0.1) is 0 Å². The highest BCUT2D eigenvalue weighted by Gasteiger charge is 2.24. The molecule has 0 aliphatic carbocycles. The first-order chi connectivity index (χ1) is 9.38. The lowest BCUT2D eigenvalue weighted by Crippen LogP contribution is -2.34. The zero-order valence-electron chi connectivity index (χ0n) is 12.7. The summed E-state index contributed by atoms with van der Waals surface area (Å²) in [4.78, 5) is 14.1. The van der Waals surface area contributed by atoms with Gasteiger partial charge in [0.2, 0.25) is 11.8 Å². The van der Waals surface area contributed by atoms with Gasteiger partial charge in [0.05, 0.1) is 12.2 Å². The van der Waals surface area contributed by atoms with E-state index in [1.807, 2.05) is 7.05 Å². The van der Waals surface area contributed by atoms with Crippen molar-refractivity contribution in [1.29, 1.82) is 0 Å². The van der Waals surface area contributed by atoms with Gasteiger partial charge in [-0.25, -0.2) is 0 Å². The van der Waals surface area contributed by atoms with Crippen molar-refractivity contribution in [2.75, 3.05) is 32.0 Å². The maximum atomic E-state index is 12.0. The van der Waals surface area contributed by atoms with Gasteiger partial charge in [-0.05, 0) is 13.5 Å². The lowest BCUT2D eigenvalue weighted by molar-refractivity contribution is -0.117. The lowest BCUT2D eigenvalue weighted by Gasteiger charge is -2.14. The Morgan fingerprint density at radius 3 is 2.85 bits per heavy atom. The monoisotopic (exact) mass is 280 g/mol. The Hall–Kier alpha value is -1.40. The molecule has 2 heterocycles. The Labute approximate surface area is 119 Å². The van der Waals surface area contributed by atoms with Crippen LogP contribution in [0.2, 0.25) is 0 Å². The summed E-state index contributed by atoms with van der Waals surface area (Å²) in [5.74, 6) is 0.364. The number of hydrogen-bond donors (Lipinski definition) is 2. The van der Waals surface area contributed by atoms with Crippen LogP contribution in [0.5, 0.6) is 0 Å². The van der Waals surface area contributed by atoms with E-state index in [0.717, 1.165) is 25.2 Å². The molecule has 1 amide bonds. The lowest BCUT2D eigenvalue weighted by atomic mass is 9.92. The van der Waals surface area contributed by atoms with Crippen molar-refractivity contribution in [3.05, 3.63) is 11.8 Å². The molecule has 0 bridgehead atoms. The molecule has 112 valence electrons. The van der Waals surface area contributed by atoms with Crippen LogP contribution < -0.4 is 10.6 Å². The average molecular weight is 280 g/mol.